The number of halogens is 1. The highest BCUT2D eigenvalue weighted by Gasteiger charge is 2.28. The summed E-state index contributed by atoms with van der Waals surface area (Å²) in [4.78, 5) is 13.8. The van der Waals surface area contributed by atoms with Crippen LogP contribution in [0.5, 0.6) is 0 Å². The number of nitrogens with zero attached hydrogens (tertiary/aromatic N) is 1. The van der Waals surface area contributed by atoms with E-state index in [9.17, 15) is 9.18 Å². The van der Waals surface area contributed by atoms with Gasteiger partial charge < -0.3 is 15.0 Å². The molecule has 120 valence electrons. The van der Waals surface area contributed by atoms with Crippen LogP contribution in [-0.4, -0.2) is 39.3 Å². The molecule has 1 N–H and O–H groups in total. The van der Waals surface area contributed by atoms with Gasteiger partial charge in [0.2, 0.25) is 0 Å². The number of carbonyl (C=O) groups excluding carboxylic acids is 1. The molecule has 0 amide bonds. The van der Waals surface area contributed by atoms with Crippen molar-refractivity contribution in [2.24, 2.45) is 5.92 Å². The van der Waals surface area contributed by atoms with Crippen LogP contribution in [0.25, 0.3) is 0 Å². The Morgan fingerprint density at radius 3 is 2.73 bits per heavy atom. The lowest BCUT2D eigenvalue weighted by atomic mass is 9.92. The molecule has 1 unspecified atom stereocenters. The minimum absolute atomic E-state index is 0.0218. The first-order valence-electron chi connectivity index (χ1n) is 8.02. The average Bonchev–Trinajstić information content (AvgIpc) is 3.08. The van der Waals surface area contributed by atoms with Gasteiger partial charge in [-0.3, -0.25) is 4.79 Å². The Balaban J connectivity index is 1.77. The van der Waals surface area contributed by atoms with Crippen molar-refractivity contribution in [2.75, 3.05) is 38.2 Å². The van der Waals surface area contributed by atoms with Gasteiger partial charge in [0.05, 0.1) is 13.0 Å². The number of benzene rings is 1. The van der Waals surface area contributed by atoms with E-state index < -0.39 is 0 Å². The van der Waals surface area contributed by atoms with Crippen molar-refractivity contribution in [3.8, 4) is 0 Å². The van der Waals surface area contributed by atoms with E-state index in [1.165, 1.54) is 12.7 Å². The normalized spacial score (nSPS) is 22.8. The van der Waals surface area contributed by atoms with Crippen LogP contribution in [0.1, 0.15) is 30.7 Å². The Hall–Kier alpha value is -1.62. The summed E-state index contributed by atoms with van der Waals surface area (Å²) in [6, 6.07) is 5.12. The summed E-state index contributed by atoms with van der Waals surface area (Å²) in [7, 11) is 1.44. The second-order valence-electron chi connectivity index (χ2n) is 6.18. The SMILES string of the molecule is COC(=O)C1CCN(c2cc(F)ccc2C2CCNC2)CC1. The molecule has 0 aliphatic carbocycles. The maximum absolute atomic E-state index is 13.7. The minimum atomic E-state index is -0.195. The predicted octanol–water partition coefficient (Wildman–Crippen LogP) is 2.29. The van der Waals surface area contributed by atoms with Crippen molar-refractivity contribution >= 4 is 11.7 Å². The van der Waals surface area contributed by atoms with E-state index in [1.807, 2.05) is 6.07 Å². The number of methoxy groups -OCH3 is 1. The van der Waals surface area contributed by atoms with Gasteiger partial charge in [0.25, 0.3) is 0 Å². The number of nitrogens with one attached hydrogen (secondary N) is 1. The summed E-state index contributed by atoms with van der Waals surface area (Å²) < 4.78 is 18.6. The Morgan fingerprint density at radius 2 is 2.09 bits per heavy atom. The number of esters is 1. The summed E-state index contributed by atoms with van der Waals surface area (Å²) in [5.74, 6) is 0.110. The van der Waals surface area contributed by atoms with Crippen LogP contribution in [0.15, 0.2) is 18.2 Å². The van der Waals surface area contributed by atoms with Crippen LogP contribution in [-0.2, 0) is 9.53 Å². The van der Waals surface area contributed by atoms with Crippen molar-refractivity contribution in [2.45, 2.75) is 25.2 Å². The summed E-state index contributed by atoms with van der Waals surface area (Å²) in [6.45, 7) is 3.52. The van der Waals surface area contributed by atoms with Gasteiger partial charge >= 0.3 is 5.97 Å². The van der Waals surface area contributed by atoms with Crippen molar-refractivity contribution in [3.05, 3.63) is 29.6 Å². The van der Waals surface area contributed by atoms with Gasteiger partial charge in [0, 0.05) is 25.3 Å². The molecular formula is C17H23FN2O2. The van der Waals surface area contributed by atoms with E-state index in [0.29, 0.717) is 5.92 Å². The molecule has 0 radical (unpaired) electrons. The van der Waals surface area contributed by atoms with Gasteiger partial charge in [-0.2, -0.15) is 0 Å². The molecule has 4 nitrogen and oxygen atoms in total. The topological polar surface area (TPSA) is 41.6 Å². The largest absolute Gasteiger partial charge is 0.469 e. The van der Waals surface area contributed by atoms with Crippen molar-refractivity contribution in [3.63, 3.8) is 0 Å². The molecule has 1 aromatic rings. The van der Waals surface area contributed by atoms with E-state index in [-0.39, 0.29) is 17.7 Å². The summed E-state index contributed by atoms with van der Waals surface area (Å²) in [6.07, 6.45) is 2.63. The van der Waals surface area contributed by atoms with E-state index in [1.54, 1.807) is 12.1 Å². The smallest absolute Gasteiger partial charge is 0.308 e. The van der Waals surface area contributed by atoms with E-state index >= 15 is 0 Å². The lowest BCUT2D eigenvalue weighted by molar-refractivity contribution is -0.146. The third-order valence-electron chi connectivity index (χ3n) is 4.86. The molecule has 3 rings (SSSR count). The van der Waals surface area contributed by atoms with Gasteiger partial charge in [0.15, 0.2) is 0 Å². The van der Waals surface area contributed by atoms with Crippen LogP contribution in [0, 0.1) is 11.7 Å². The zero-order valence-corrected chi connectivity index (χ0v) is 13.0. The molecule has 2 aliphatic rings. The summed E-state index contributed by atoms with van der Waals surface area (Å²) >= 11 is 0. The molecule has 2 fully saturated rings. The maximum atomic E-state index is 13.7. The van der Waals surface area contributed by atoms with Crippen LogP contribution in [0.2, 0.25) is 0 Å². The first-order chi connectivity index (χ1) is 10.7. The molecule has 1 aromatic carbocycles. The van der Waals surface area contributed by atoms with Crippen molar-refractivity contribution in [1.29, 1.82) is 0 Å². The standard InChI is InChI=1S/C17H23FN2O2/c1-22-17(21)12-5-8-20(9-6-12)16-10-14(18)2-3-15(16)13-4-7-19-11-13/h2-3,10,12-13,19H,4-9,11H2,1H3. The van der Waals surface area contributed by atoms with Crippen LogP contribution in [0.3, 0.4) is 0 Å². The Labute approximate surface area is 130 Å². The predicted molar refractivity (Wildman–Crippen MR) is 83.6 cm³/mol. The van der Waals surface area contributed by atoms with Gasteiger partial charge in [-0.05, 0) is 49.4 Å². The van der Waals surface area contributed by atoms with Gasteiger partial charge in [-0.15, -0.1) is 0 Å². The second kappa shape index (κ2) is 6.65. The molecule has 2 aliphatic heterocycles. The number of hydrogen-bond acceptors (Lipinski definition) is 4. The molecule has 2 heterocycles. The van der Waals surface area contributed by atoms with Gasteiger partial charge in [-0.1, -0.05) is 6.07 Å². The Morgan fingerprint density at radius 1 is 1.32 bits per heavy atom. The first-order valence-corrected chi connectivity index (χ1v) is 8.02. The fourth-order valence-electron chi connectivity index (χ4n) is 3.58. The zero-order valence-electron chi connectivity index (χ0n) is 13.0. The maximum Gasteiger partial charge on any atom is 0.308 e. The second-order valence-corrected chi connectivity index (χ2v) is 6.18. The van der Waals surface area contributed by atoms with Crippen LogP contribution < -0.4 is 10.2 Å². The Kier molecular flexibility index (Phi) is 4.62. The zero-order chi connectivity index (χ0) is 15.5. The highest BCUT2D eigenvalue weighted by molar-refractivity contribution is 5.72. The van der Waals surface area contributed by atoms with E-state index in [4.69, 9.17) is 4.74 Å². The molecule has 0 spiro atoms. The van der Waals surface area contributed by atoms with Crippen molar-refractivity contribution < 1.29 is 13.9 Å². The molecule has 5 heteroatoms. The molecule has 0 bridgehead atoms. The van der Waals surface area contributed by atoms with Gasteiger partial charge in [-0.25, -0.2) is 4.39 Å². The van der Waals surface area contributed by atoms with Crippen LogP contribution >= 0.6 is 0 Å². The first kappa shape index (κ1) is 15.3. The van der Waals surface area contributed by atoms with Crippen molar-refractivity contribution in [1.82, 2.24) is 5.32 Å². The van der Waals surface area contributed by atoms with E-state index in [2.05, 4.69) is 10.2 Å². The molecular weight excluding hydrogens is 283 g/mol. The third-order valence-corrected chi connectivity index (χ3v) is 4.86. The number of hydrogen-bond donors (Lipinski definition) is 1. The number of carbonyl (C=O) groups is 1. The molecule has 2 saturated heterocycles. The molecule has 1 atom stereocenters. The van der Waals surface area contributed by atoms with E-state index in [0.717, 1.165) is 51.1 Å². The fraction of sp³-hybridized carbons (Fsp3) is 0.588. The lowest BCUT2D eigenvalue weighted by Crippen LogP contribution is -2.37. The monoisotopic (exact) mass is 306 g/mol. The number of anilines is 1. The third kappa shape index (κ3) is 3.09. The molecule has 0 saturated carbocycles. The highest BCUT2D eigenvalue weighted by atomic mass is 19.1. The fourth-order valence-corrected chi connectivity index (χ4v) is 3.58. The van der Waals surface area contributed by atoms with Gasteiger partial charge in [0.1, 0.15) is 5.82 Å². The number of rotatable bonds is 3. The summed E-state index contributed by atoms with van der Waals surface area (Å²) in [5.41, 5.74) is 2.22. The minimum Gasteiger partial charge on any atom is -0.469 e. The summed E-state index contributed by atoms with van der Waals surface area (Å²) in [5, 5.41) is 3.37. The lowest BCUT2D eigenvalue weighted by Gasteiger charge is -2.34. The number of ether oxygens (including phenoxy) is 1. The quantitative estimate of drug-likeness (QED) is 0.870. The number of piperidine rings is 1. The van der Waals surface area contributed by atoms with Crippen LogP contribution in [0.4, 0.5) is 10.1 Å². The Bertz CT molecular complexity index is 535. The average molecular weight is 306 g/mol. The molecule has 22 heavy (non-hydrogen) atoms. The highest BCUT2D eigenvalue weighted by Crippen LogP contribution is 2.34. The molecule has 0 aromatic heterocycles.